The number of carbonyl (C=O) groups excluding carboxylic acids is 2. The molecule has 3 rings (SSSR count). The Hall–Kier alpha value is -3.02. The van der Waals surface area contributed by atoms with E-state index in [2.05, 4.69) is 18.4 Å². The van der Waals surface area contributed by atoms with Gasteiger partial charge >= 0.3 is 5.97 Å². The third-order valence-corrected chi connectivity index (χ3v) is 4.46. The fourth-order valence-electron chi connectivity index (χ4n) is 3.30. The first-order chi connectivity index (χ1) is 12.9. The van der Waals surface area contributed by atoms with E-state index in [1.165, 1.54) is 6.08 Å². The van der Waals surface area contributed by atoms with Crippen LogP contribution in [0.25, 0.3) is 6.08 Å². The summed E-state index contributed by atoms with van der Waals surface area (Å²) in [6.45, 7) is 7.91. The normalized spacial score (nSPS) is 12.8. The SMILES string of the molecule is Cc1cc(C(=O)COC(=O)/C=C/c2ccc3c(c2)OCO3)c(C)n1C(C)C. The zero-order chi connectivity index (χ0) is 19.6. The molecule has 0 spiro atoms. The highest BCUT2D eigenvalue weighted by atomic mass is 16.7. The van der Waals surface area contributed by atoms with Gasteiger partial charge in [0.05, 0.1) is 0 Å². The molecule has 0 aliphatic carbocycles. The van der Waals surface area contributed by atoms with Crippen LogP contribution in [-0.4, -0.2) is 29.7 Å². The van der Waals surface area contributed by atoms with E-state index in [-0.39, 0.29) is 25.2 Å². The zero-order valence-electron chi connectivity index (χ0n) is 15.9. The number of ether oxygens (including phenoxy) is 3. The summed E-state index contributed by atoms with van der Waals surface area (Å²) >= 11 is 0. The van der Waals surface area contributed by atoms with E-state index in [1.807, 2.05) is 26.0 Å². The Morgan fingerprint density at radius 1 is 1.19 bits per heavy atom. The molecular formula is C21H23NO5. The number of carbonyl (C=O) groups is 2. The molecule has 0 fully saturated rings. The smallest absolute Gasteiger partial charge is 0.331 e. The molecule has 1 aromatic carbocycles. The van der Waals surface area contributed by atoms with Gasteiger partial charge in [-0.2, -0.15) is 0 Å². The minimum atomic E-state index is -0.571. The topological polar surface area (TPSA) is 66.8 Å². The molecule has 0 saturated heterocycles. The maximum atomic E-state index is 12.4. The van der Waals surface area contributed by atoms with E-state index in [1.54, 1.807) is 18.2 Å². The van der Waals surface area contributed by atoms with Crippen molar-refractivity contribution in [1.82, 2.24) is 4.57 Å². The first kappa shape index (κ1) is 18.8. The van der Waals surface area contributed by atoms with Gasteiger partial charge in [0.25, 0.3) is 0 Å². The van der Waals surface area contributed by atoms with Gasteiger partial charge in [-0.1, -0.05) is 6.07 Å². The third kappa shape index (κ3) is 4.05. The van der Waals surface area contributed by atoms with Gasteiger partial charge in [0, 0.05) is 29.1 Å². The third-order valence-electron chi connectivity index (χ3n) is 4.46. The first-order valence-electron chi connectivity index (χ1n) is 8.83. The molecule has 6 heteroatoms. The molecule has 0 bridgehead atoms. The van der Waals surface area contributed by atoms with E-state index >= 15 is 0 Å². The molecule has 2 heterocycles. The lowest BCUT2D eigenvalue weighted by Crippen LogP contribution is -2.14. The Morgan fingerprint density at radius 3 is 2.63 bits per heavy atom. The number of ketones is 1. The Kier molecular flexibility index (Phi) is 5.35. The fraction of sp³-hybridized carbons (Fsp3) is 0.333. The van der Waals surface area contributed by atoms with Crippen LogP contribution >= 0.6 is 0 Å². The molecule has 27 heavy (non-hydrogen) atoms. The Bertz CT molecular complexity index is 908. The van der Waals surface area contributed by atoms with Gasteiger partial charge in [0.15, 0.2) is 18.1 Å². The van der Waals surface area contributed by atoms with E-state index in [4.69, 9.17) is 14.2 Å². The summed E-state index contributed by atoms with van der Waals surface area (Å²) in [5.74, 6) is 0.541. The predicted octanol–water partition coefficient (Wildman–Crippen LogP) is 3.85. The summed E-state index contributed by atoms with van der Waals surface area (Å²) in [5, 5.41) is 0. The van der Waals surface area contributed by atoms with Crippen molar-refractivity contribution < 1.29 is 23.8 Å². The van der Waals surface area contributed by atoms with Crippen LogP contribution in [0.2, 0.25) is 0 Å². The highest BCUT2D eigenvalue weighted by Gasteiger charge is 2.18. The molecule has 0 atom stereocenters. The van der Waals surface area contributed by atoms with E-state index in [9.17, 15) is 9.59 Å². The number of Topliss-reactive ketones (excluding diaryl/α,β-unsaturated/α-hetero) is 1. The second-order valence-electron chi connectivity index (χ2n) is 6.73. The van der Waals surface area contributed by atoms with Crippen molar-refractivity contribution in [3.05, 3.63) is 52.9 Å². The molecule has 2 aromatic rings. The number of benzene rings is 1. The van der Waals surface area contributed by atoms with Crippen LogP contribution in [0.4, 0.5) is 0 Å². The Balaban J connectivity index is 1.59. The standard InChI is InChI=1S/C21H23NO5/c1-13(2)22-14(3)9-17(15(22)4)18(23)11-25-21(24)8-6-16-5-7-19-20(10-16)27-12-26-19/h5-10,13H,11-12H2,1-4H3/b8-6+. The molecular weight excluding hydrogens is 346 g/mol. The lowest BCUT2D eigenvalue weighted by atomic mass is 10.1. The number of fused-ring (bicyclic) bond motifs is 1. The van der Waals surface area contributed by atoms with Crippen molar-refractivity contribution >= 4 is 17.8 Å². The molecule has 0 amide bonds. The van der Waals surface area contributed by atoms with Crippen molar-refractivity contribution in [3.63, 3.8) is 0 Å². The van der Waals surface area contributed by atoms with Gasteiger partial charge in [-0.3, -0.25) is 4.79 Å². The summed E-state index contributed by atoms with van der Waals surface area (Å²) in [4.78, 5) is 24.3. The zero-order valence-corrected chi connectivity index (χ0v) is 15.9. The van der Waals surface area contributed by atoms with E-state index in [0.29, 0.717) is 17.1 Å². The van der Waals surface area contributed by atoms with Gasteiger partial charge in [-0.25, -0.2) is 4.79 Å². The molecule has 1 aliphatic rings. The summed E-state index contributed by atoms with van der Waals surface area (Å²) in [5.41, 5.74) is 3.27. The van der Waals surface area contributed by atoms with Crippen LogP contribution in [0.5, 0.6) is 11.5 Å². The number of esters is 1. The largest absolute Gasteiger partial charge is 0.454 e. The van der Waals surface area contributed by atoms with E-state index < -0.39 is 5.97 Å². The molecule has 142 valence electrons. The molecule has 6 nitrogen and oxygen atoms in total. The van der Waals surface area contributed by atoms with Crippen LogP contribution in [0, 0.1) is 13.8 Å². The van der Waals surface area contributed by atoms with Crippen molar-refractivity contribution in [2.45, 2.75) is 33.7 Å². The molecule has 0 radical (unpaired) electrons. The van der Waals surface area contributed by atoms with Gasteiger partial charge in [0.2, 0.25) is 12.6 Å². The van der Waals surface area contributed by atoms with Crippen LogP contribution < -0.4 is 9.47 Å². The summed E-state index contributed by atoms with van der Waals surface area (Å²) in [7, 11) is 0. The highest BCUT2D eigenvalue weighted by molar-refractivity contribution is 6.00. The first-order valence-corrected chi connectivity index (χ1v) is 8.83. The number of nitrogens with zero attached hydrogens (tertiary/aromatic N) is 1. The van der Waals surface area contributed by atoms with Gasteiger partial charge < -0.3 is 18.8 Å². The Morgan fingerprint density at radius 2 is 1.93 bits per heavy atom. The predicted molar refractivity (Wildman–Crippen MR) is 101 cm³/mol. The second kappa shape index (κ2) is 7.70. The maximum absolute atomic E-state index is 12.4. The number of aryl methyl sites for hydroxylation is 1. The number of rotatable bonds is 6. The quantitative estimate of drug-likeness (QED) is 0.439. The van der Waals surface area contributed by atoms with Gasteiger partial charge in [-0.15, -0.1) is 0 Å². The van der Waals surface area contributed by atoms with Crippen molar-refractivity contribution in [3.8, 4) is 11.5 Å². The molecule has 0 unspecified atom stereocenters. The molecule has 1 aliphatic heterocycles. The molecule has 1 aromatic heterocycles. The molecule has 0 N–H and O–H groups in total. The van der Waals surface area contributed by atoms with E-state index in [0.717, 1.165) is 17.0 Å². The minimum absolute atomic E-state index is 0.198. The van der Waals surface area contributed by atoms with Crippen LogP contribution in [0.3, 0.4) is 0 Å². The summed E-state index contributed by atoms with van der Waals surface area (Å²) in [6.07, 6.45) is 2.90. The van der Waals surface area contributed by atoms with Crippen molar-refractivity contribution in [2.75, 3.05) is 13.4 Å². The van der Waals surface area contributed by atoms with Gasteiger partial charge in [-0.05, 0) is 57.5 Å². The Labute approximate surface area is 158 Å². The fourth-order valence-corrected chi connectivity index (χ4v) is 3.30. The second-order valence-corrected chi connectivity index (χ2v) is 6.73. The average molecular weight is 369 g/mol. The lowest BCUT2D eigenvalue weighted by Gasteiger charge is -2.13. The molecule has 0 saturated carbocycles. The van der Waals surface area contributed by atoms with Crippen molar-refractivity contribution in [1.29, 1.82) is 0 Å². The number of aromatic nitrogens is 1. The van der Waals surface area contributed by atoms with Gasteiger partial charge in [0.1, 0.15) is 0 Å². The highest BCUT2D eigenvalue weighted by Crippen LogP contribution is 2.32. The van der Waals surface area contributed by atoms with Crippen LogP contribution in [0.1, 0.15) is 47.2 Å². The monoisotopic (exact) mass is 369 g/mol. The van der Waals surface area contributed by atoms with Crippen molar-refractivity contribution in [2.24, 2.45) is 0 Å². The number of hydrogen-bond donors (Lipinski definition) is 0. The van der Waals surface area contributed by atoms with Crippen LogP contribution in [-0.2, 0) is 9.53 Å². The lowest BCUT2D eigenvalue weighted by molar-refractivity contribution is -0.136. The maximum Gasteiger partial charge on any atom is 0.331 e. The number of hydrogen-bond acceptors (Lipinski definition) is 5. The van der Waals surface area contributed by atoms with Crippen LogP contribution in [0.15, 0.2) is 30.3 Å². The summed E-state index contributed by atoms with van der Waals surface area (Å²) in [6, 6.07) is 7.47. The average Bonchev–Trinajstić information content (AvgIpc) is 3.21. The minimum Gasteiger partial charge on any atom is -0.454 e. The summed E-state index contributed by atoms with van der Waals surface area (Å²) < 4.78 is 17.7.